The minimum atomic E-state index is -3.90. The Balaban J connectivity index is 2.04. The van der Waals surface area contributed by atoms with Crippen LogP contribution in [0.4, 0.5) is 4.79 Å². The molecular formula is C25H29N3O7S. The molecule has 10 nitrogen and oxygen atoms in total. The number of nitrogens with zero attached hydrogens (tertiary/aromatic N) is 1. The number of carbonyl (C=O) groups is 2. The van der Waals surface area contributed by atoms with Crippen LogP contribution in [0.3, 0.4) is 0 Å². The van der Waals surface area contributed by atoms with Crippen LogP contribution < -0.4 is 19.6 Å². The lowest BCUT2D eigenvalue weighted by Crippen LogP contribution is -2.27. The van der Waals surface area contributed by atoms with Gasteiger partial charge in [-0.1, -0.05) is 6.07 Å². The Labute approximate surface area is 209 Å². The standard InChI is InChI=1S/C25H29N3O7S/c1-25(2,3)34-24(30)28-18-8-7-14(12-26-4)9-15(18)10-19(28)16-11-20(33-5)22(35-36(6,31)32)17-13-27-23(29)21(16)17/h7-11,26H,12-13H2,1-6H3,(H,27,29). The van der Waals surface area contributed by atoms with Crippen molar-refractivity contribution in [3.8, 4) is 22.8 Å². The zero-order chi connectivity index (χ0) is 26.4. The number of rotatable bonds is 6. The van der Waals surface area contributed by atoms with Crippen LogP contribution in [0.5, 0.6) is 11.5 Å². The molecule has 0 unspecified atom stereocenters. The number of amides is 1. The van der Waals surface area contributed by atoms with E-state index in [1.54, 1.807) is 26.8 Å². The first-order valence-corrected chi connectivity index (χ1v) is 13.1. The fraction of sp³-hybridized carbons (Fsp3) is 0.360. The summed E-state index contributed by atoms with van der Waals surface area (Å²) in [5, 5.41) is 6.59. The molecule has 0 aliphatic carbocycles. The Morgan fingerprint density at radius 1 is 1.19 bits per heavy atom. The van der Waals surface area contributed by atoms with Crippen LogP contribution in [0.1, 0.15) is 42.3 Å². The maximum Gasteiger partial charge on any atom is 0.419 e. The Morgan fingerprint density at radius 3 is 2.53 bits per heavy atom. The number of methoxy groups -OCH3 is 1. The summed E-state index contributed by atoms with van der Waals surface area (Å²) < 4.78 is 41.6. The van der Waals surface area contributed by atoms with Crippen LogP contribution in [0, 0.1) is 0 Å². The molecule has 0 fully saturated rings. The van der Waals surface area contributed by atoms with Gasteiger partial charge < -0.3 is 24.3 Å². The predicted molar refractivity (Wildman–Crippen MR) is 135 cm³/mol. The second-order valence-corrected chi connectivity index (χ2v) is 11.1. The summed E-state index contributed by atoms with van der Waals surface area (Å²) in [5.74, 6) is -0.367. The van der Waals surface area contributed by atoms with Gasteiger partial charge in [-0.3, -0.25) is 4.79 Å². The Morgan fingerprint density at radius 2 is 1.92 bits per heavy atom. The van der Waals surface area contributed by atoms with Crippen molar-refractivity contribution < 1.29 is 31.7 Å². The lowest BCUT2D eigenvalue weighted by molar-refractivity contribution is 0.0546. The van der Waals surface area contributed by atoms with Gasteiger partial charge in [0.2, 0.25) is 0 Å². The third-order valence-corrected chi connectivity index (χ3v) is 6.02. The molecule has 0 radical (unpaired) electrons. The van der Waals surface area contributed by atoms with Crippen molar-refractivity contribution in [2.24, 2.45) is 0 Å². The molecule has 3 aromatic rings. The molecule has 1 amide bonds. The first kappa shape index (κ1) is 25.5. The Bertz CT molecular complexity index is 1480. The normalized spacial score (nSPS) is 13.4. The molecule has 1 aromatic heterocycles. The van der Waals surface area contributed by atoms with Crippen LogP contribution in [-0.2, 0) is 27.9 Å². The van der Waals surface area contributed by atoms with Gasteiger partial charge in [-0.15, -0.1) is 0 Å². The van der Waals surface area contributed by atoms with Gasteiger partial charge in [0.25, 0.3) is 5.91 Å². The summed E-state index contributed by atoms with van der Waals surface area (Å²) >= 11 is 0. The molecular weight excluding hydrogens is 486 g/mol. The minimum Gasteiger partial charge on any atom is -0.493 e. The number of fused-ring (bicyclic) bond motifs is 2. The first-order valence-electron chi connectivity index (χ1n) is 11.3. The minimum absolute atomic E-state index is 0.0439. The van der Waals surface area contributed by atoms with E-state index in [9.17, 15) is 18.0 Å². The van der Waals surface area contributed by atoms with Gasteiger partial charge in [-0.2, -0.15) is 8.42 Å². The van der Waals surface area contributed by atoms with Crippen molar-refractivity contribution in [2.75, 3.05) is 20.4 Å². The number of hydrogen-bond donors (Lipinski definition) is 2. The molecule has 0 spiro atoms. The van der Waals surface area contributed by atoms with Crippen LogP contribution >= 0.6 is 0 Å². The molecule has 192 valence electrons. The summed E-state index contributed by atoms with van der Waals surface area (Å²) in [4.78, 5) is 26.4. The lowest BCUT2D eigenvalue weighted by atomic mass is 9.98. The van der Waals surface area contributed by atoms with Crippen molar-refractivity contribution in [3.63, 3.8) is 0 Å². The van der Waals surface area contributed by atoms with Gasteiger partial charge in [0.1, 0.15) is 5.60 Å². The summed E-state index contributed by atoms with van der Waals surface area (Å²) in [6.45, 7) is 5.99. The molecule has 0 bridgehead atoms. The van der Waals surface area contributed by atoms with Crippen molar-refractivity contribution in [1.29, 1.82) is 0 Å². The van der Waals surface area contributed by atoms with Gasteiger partial charge in [0.05, 0.1) is 30.1 Å². The first-order chi connectivity index (χ1) is 16.8. The third kappa shape index (κ3) is 4.89. The van der Waals surface area contributed by atoms with E-state index in [1.807, 2.05) is 25.2 Å². The van der Waals surface area contributed by atoms with Crippen LogP contribution in [0.15, 0.2) is 30.3 Å². The fourth-order valence-corrected chi connectivity index (χ4v) is 4.74. The van der Waals surface area contributed by atoms with Crippen molar-refractivity contribution in [3.05, 3.63) is 47.0 Å². The molecule has 0 saturated carbocycles. The highest BCUT2D eigenvalue weighted by atomic mass is 32.2. The van der Waals surface area contributed by atoms with Crippen LogP contribution in [0.25, 0.3) is 22.2 Å². The average molecular weight is 516 g/mol. The van der Waals surface area contributed by atoms with Crippen molar-refractivity contribution >= 4 is 33.0 Å². The van der Waals surface area contributed by atoms with Gasteiger partial charge in [-0.25, -0.2) is 9.36 Å². The summed E-state index contributed by atoms with van der Waals surface area (Å²) in [5.41, 5.74) is 2.17. The highest BCUT2D eigenvalue weighted by Gasteiger charge is 2.34. The quantitative estimate of drug-likeness (QED) is 0.479. The largest absolute Gasteiger partial charge is 0.493 e. The number of carbonyl (C=O) groups excluding carboxylic acids is 2. The zero-order valence-corrected chi connectivity index (χ0v) is 21.8. The predicted octanol–water partition coefficient (Wildman–Crippen LogP) is 3.40. The average Bonchev–Trinajstić information content (AvgIpc) is 3.33. The van der Waals surface area contributed by atoms with E-state index < -0.39 is 27.7 Å². The number of nitrogens with one attached hydrogen (secondary N) is 2. The number of ether oxygens (including phenoxy) is 2. The highest BCUT2D eigenvalue weighted by Crippen LogP contribution is 2.44. The molecule has 2 aromatic carbocycles. The molecule has 36 heavy (non-hydrogen) atoms. The summed E-state index contributed by atoms with van der Waals surface area (Å²) in [7, 11) is -0.687. The smallest absolute Gasteiger partial charge is 0.419 e. The van der Waals surface area contributed by atoms with Gasteiger partial charge in [-0.05, 0) is 57.6 Å². The topological polar surface area (TPSA) is 125 Å². The second kappa shape index (κ2) is 9.14. The maximum atomic E-state index is 13.4. The lowest BCUT2D eigenvalue weighted by Gasteiger charge is -2.22. The summed E-state index contributed by atoms with van der Waals surface area (Å²) in [6.07, 6.45) is 0.302. The highest BCUT2D eigenvalue weighted by molar-refractivity contribution is 7.86. The Kier molecular flexibility index (Phi) is 6.48. The van der Waals surface area contributed by atoms with Gasteiger partial charge in [0.15, 0.2) is 11.5 Å². The third-order valence-electron chi connectivity index (χ3n) is 5.55. The van der Waals surface area contributed by atoms with Crippen LogP contribution in [0.2, 0.25) is 0 Å². The Hall–Kier alpha value is -3.57. The number of benzene rings is 2. The summed E-state index contributed by atoms with van der Waals surface area (Å²) in [6, 6.07) is 9.00. The number of hydrogen-bond acceptors (Lipinski definition) is 8. The molecule has 4 rings (SSSR count). The van der Waals surface area contributed by atoms with E-state index in [0.29, 0.717) is 28.9 Å². The van der Waals surface area contributed by atoms with Crippen LogP contribution in [-0.4, -0.2) is 51.0 Å². The van der Waals surface area contributed by atoms with E-state index in [0.717, 1.165) is 17.2 Å². The second-order valence-electron chi connectivity index (χ2n) is 9.55. The molecule has 2 N–H and O–H groups in total. The van der Waals surface area contributed by atoms with E-state index in [1.165, 1.54) is 17.7 Å². The monoisotopic (exact) mass is 515 g/mol. The van der Waals surface area contributed by atoms with Crippen molar-refractivity contribution in [2.45, 2.75) is 39.5 Å². The molecule has 1 aliphatic rings. The SMILES string of the molecule is CNCc1ccc2c(c1)cc(-c1cc(OC)c(OS(C)(=O)=O)c3c1C(=O)NC3)n2C(=O)OC(C)(C)C. The molecule has 1 aliphatic heterocycles. The molecule has 0 saturated heterocycles. The van der Waals surface area contributed by atoms with E-state index in [2.05, 4.69) is 10.6 Å². The van der Waals surface area contributed by atoms with E-state index >= 15 is 0 Å². The van der Waals surface area contributed by atoms with E-state index in [-0.39, 0.29) is 23.6 Å². The number of aromatic nitrogens is 1. The maximum absolute atomic E-state index is 13.4. The van der Waals surface area contributed by atoms with Gasteiger partial charge in [0, 0.05) is 29.6 Å². The molecule has 11 heteroatoms. The van der Waals surface area contributed by atoms with Crippen molar-refractivity contribution in [1.82, 2.24) is 15.2 Å². The zero-order valence-electron chi connectivity index (χ0n) is 21.0. The fourth-order valence-electron chi connectivity index (χ4n) is 4.26. The van der Waals surface area contributed by atoms with E-state index in [4.69, 9.17) is 13.7 Å². The van der Waals surface area contributed by atoms with Gasteiger partial charge >= 0.3 is 16.2 Å². The molecule has 2 heterocycles. The molecule has 0 atom stereocenters.